The highest BCUT2D eigenvalue weighted by Gasteiger charge is 2.12. The highest BCUT2D eigenvalue weighted by atomic mass is 16.5. The summed E-state index contributed by atoms with van der Waals surface area (Å²) in [7, 11) is 0. The van der Waals surface area contributed by atoms with Crippen LogP contribution in [0, 0.1) is 13.8 Å². The second-order valence-corrected chi connectivity index (χ2v) is 8.97. The molecule has 0 aliphatic carbocycles. The van der Waals surface area contributed by atoms with Crippen LogP contribution < -0.4 is 10.1 Å². The molecule has 0 saturated heterocycles. The molecule has 1 amide bonds. The van der Waals surface area contributed by atoms with E-state index in [1.54, 1.807) is 12.1 Å². The zero-order valence-corrected chi connectivity index (χ0v) is 20.2. The Morgan fingerprint density at radius 1 is 0.882 bits per heavy atom. The first-order valence-electron chi connectivity index (χ1n) is 11.5. The van der Waals surface area contributed by atoms with Crippen molar-refractivity contribution in [3.8, 4) is 23.0 Å². The van der Waals surface area contributed by atoms with Crippen LogP contribution in [0.1, 0.15) is 53.1 Å². The van der Waals surface area contributed by atoms with Crippen molar-refractivity contribution in [3.63, 3.8) is 0 Å². The Bertz CT molecular complexity index is 1150. The number of carbonyl (C=O) groups excluding carboxylic acids is 1. The summed E-state index contributed by atoms with van der Waals surface area (Å²) in [5, 5.41) is 31.8. The number of amides is 1. The van der Waals surface area contributed by atoms with Gasteiger partial charge in [0.2, 0.25) is 0 Å². The van der Waals surface area contributed by atoms with E-state index >= 15 is 0 Å². The molecule has 0 unspecified atom stereocenters. The molecule has 0 aromatic heterocycles. The van der Waals surface area contributed by atoms with Crippen molar-refractivity contribution in [1.29, 1.82) is 0 Å². The molecule has 34 heavy (non-hydrogen) atoms. The van der Waals surface area contributed by atoms with Crippen molar-refractivity contribution in [1.82, 2.24) is 5.32 Å². The van der Waals surface area contributed by atoms with Crippen LogP contribution in [0.3, 0.4) is 0 Å². The molecule has 0 aliphatic rings. The molecule has 0 spiro atoms. The van der Waals surface area contributed by atoms with Crippen molar-refractivity contribution >= 4 is 5.91 Å². The van der Waals surface area contributed by atoms with Crippen LogP contribution in [-0.4, -0.2) is 34.4 Å². The molecule has 6 heteroatoms. The monoisotopic (exact) mass is 463 g/mol. The van der Waals surface area contributed by atoms with Crippen LogP contribution in [0.25, 0.3) is 0 Å². The second-order valence-electron chi connectivity index (χ2n) is 8.97. The number of phenolic OH excluding ortho intramolecular Hbond substituents is 3. The number of phenols is 3. The van der Waals surface area contributed by atoms with E-state index in [-0.39, 0.29) is 29.9 Å². The summed E-state index contributed by atoms with van der Waals surface area (Å²) < 4.78 is 5.72. The maximum Gasteiger partial charge on any atom is 0.257 e. The number of aromatic hydroxyl groups is 3. The van der Waals surface area contributed by atoms with Gasteiger partial charge in [-0.3, -0.25) is 4.79 Å². The lowest BCUT2D eigenvalue weighted by Crippen LogP contribution is -2.30. The normalized spacial score (nSPS) is 11.0. The van der Waals surface area contributed by atoms with Gasteiger partial charge in [0.15, 0.2) is 18.1 Å². The minimum Gasteiger partial charge on any atom is -0.508 e. The quantitative estimate of drug-likeness (QED) is 0.339. The van der Waals surface area contributed by atoms with Crippen molar-refractivity contribution in [2.45, 2.75) is 46.5 Å². The third-order valence-electron chi connectivity index (χ3n) is 5.91. The third kappa shape index (κ3) is 6.44. The number of ether oxygens (including phenoxy) is 1. The van der Waals surface area contributed by atoms with Crippen LogP contribution in [0.15, 0.2) is 48.5 Å². The van der Waals surface area contributed by atoms with Crippen molar-refractivity contribution < 1.29 is 24.9 Å². The third-order valence-corrected chi connectivity index (χ3v) is 5.91. The highest BCUT2D eigenvalue weighted by Crippen LogP contribution is 2.29. The van der Waals surface area contributed by atoms with Crippen molar-refractivity contribution in [2.24, 2.45) is 0 Å². The van der Waals surface area contributed by atoms with Crippen LogP contribution in [0.5, 0.6) is 23.0 Å². The molecule has 0 heterocycles. The predicted octanol–water partition coefficient (Wildman–Crippen LogP) is 4.87. The fourth-order valence-corrected chi connectivity index (χ4v) is 3.97. The molecule has 180 valence electrons. The lowest BCUT2D eigenvalue weighted by molar-refractivity contribution is -0.123. The summed E-state index contributed by atoms with van der Waals surface area (Å²) in [6.45, 7) is 8.51. The first kappa shape index (κ1) is 25.0. The van der Waals surface area contributed by atoms with Gasteiger partial charge in [0.1, 0.15) is 11.5 Å². The van der Waals surface area contributed by atoms with Gasteiger partial charge >= 0.3 is 0 Å². The molecular weight excluding hydrogens is 430 g/mol. The lowest BCUT2D eigenvalue weighted by Gasteiger charge is -2.15. The highest BCUT2D eigenvalue weighted by molar-refractivity contribution is 5.77. The summed E-state index contributed by atoms with van der Waals surface area (Å²) >= 11 is 0. The van der Waals surface area contributed by atoms with Crippen LogP contribution in [0.4, 0.5) is 0 Å². The van der Waals surface area contributed by atoms with Crippen LogP contribution in [-0.2, 0) is 17.6 Å². The number of carbonyl (C=O) groups is 1. The van der Waals surface area contributed by atoms with E-state index in [1.807, 2.05) is 32.0 Å². The molecule has 0 atom stereocenters. The number of aryl methyl sites for hydroxylation is 2. The fraction of sp³-hybridized carbons (Fsp3) is 0.321. The number of benzene rings is 3. The van der Waals surface area contributed by atoms with E-state index in [9.17, 15) is 20.1 Å². The summed E-state index contributed by atoms with van der Waals surface area (Å²) in [5.74, 6) is 0.652. The predicted molar refractivity (Wildman–Crippen MR) is 133 cm³/mol. The largest absolute Gasteiger partial charge is 0.508 e. The van der Waals surface area contributed by atoms with Crippen LogP contribution >= 0.6 is 0 Å². The Morgan fingerprint density at radius 2 is 1.53 bits per heavy atom. The smallest absolute Gasteiger partial charge is 0.257 e. The molecule has 0 saturated carbocycles. The zero-order valence-electron chi connectivity index (χ0n) is 20.2. The van der Waals surface area contributed by atoms with Gasteiger partial charge in [-0.2, -0.15) is 0 Å². The Balaban J connectivity index is 1.55. The van der Waals surface area contributed by atoms with E-state index in [4.69, 9.17) is 4.74 Å². The van der Waals surface area contributed by atoms with E-state index in [2.05, 4.69) is 25.2 Å². The molecule has 3 aromatic carbocycles. The average molecular weight is 464 g/mol. The van der Waals surface area contributed by atoms with Gasteiger partial charge in [-0.1, -0.05) is 32.0 Å². The van der Waals surface area contributed by atoms with Gasteiger partial charge in [-0.05, 0) is 96.3 Å². The van der Waals surface area contributed by atoms with Gasteiger partial charge in [-0.15, -0.1) is 0 Å². The Hall–Kier alpha value is -3.67. The first-order valence-corrected chi connectivity index (χ1v) is 11.5. The Morgan fingerprint density at radius 3 is 2.18 bits per heavy atom. The first-order chi connectivity index (χ1) is 16.1. The minimum absolute atomic E-state index is 0.0885. The summed E-state index contributed by atoms with van der Waals surface area (Å²) in [4.78, 5) is 12.2. The zero-order chi connectivity index (χ0) is 24.8. The maximum atomic E-state index is 12.2. The van der Waals surface area contributed by atoms with Crippen LogP contribution in [0.2, 0.25) is 0 Å². The fourth-order valence-electron chi connectivity index (χ4n) is 3.97. The van der Waals surface area contributed by atoms with E-state index in [0.29, 0.717) is 24.5 Å². The average Bonchev–Trinajstić information content (AvgIpc) is 2.78. The molecule has 3 rings (SSSR count). The SMILES string of the molecule is Cc1cc(OCC(=O)NCCc2ccc(O)c(O)c2)cc(C)c1Cc1ccc(O)c(C(C)C)c1. The molecule has 0 bridgehead atoms. The molecular formula is C28H33NO5. The number of hydrogen-bond donors (Lipinski definition) is 4. The molecule has 4 N–H and O–H groups in total. The van der Waals surface area contributed by atoms with Crippen molar-refractivity contribution in [3.05, 3.63) is 81.9 Å². The van der Waals surface area contributed by atoms with Gasteiger partial charge in [0, 0.05) is 6.54 Å². The molecule has 6 nitrogen and oxygen atoms in total. The summed E-state index contributed by atoms with van der Waals surface area (Å²) in [6, 6.07) is 14.3. The van der Waals surface area contributed by atoms with E-state index in [1.165, 1.54) is 17.7 Å². The van der Waals surface area contributed by atoms with Crippen molar-refractivity contribution in [2.75, 3.05) is 13.2 Å². The van der Waals surface area contributed by atoms with Gasteiger partial charge < -0.3 is 25.4 Å². The molecule has 0 fully saturated rings. The maximum absolute atomic E-state index is 12.2. The number of nitrogens with one attached hydrogen (secondary N) is 1. The number of rotatable bonds is 9. The number of hydrogen-bond acceptors (Lipinski definition) is 5. The molecule has 0 aliphatic heterocycles. The van der Waals surface area contributed by atoms with Gasteiger partial charge in [0.25, 0.3) is 5.91 Å². The van der Waals surface area contributed by atoms with Gasteiger partial charge in [-0.25, -0.2) is 0 Å². The van der Waals surface area contributed by atoms with E-state index < -0.39 is 0 Å². The van der Waals surface area contributed by atoms with E-state index in [0.717, 1.165) is 34.2 Å². The molecule has 3 aromatic rings. The summed E-state index contributed by atoms with van der Waals surface area (Å²) in [6.07, 6.45) is 1.29. The molecule has 0 radical (unpaired) electrons. The Labute approximate surface area is 200 Å². The summed E-state index contributed by atoms with van der Waals surface area (Å²) in [5.41, 5.74) is 6.27. The standard InChI is InChI=1S/C28H33NO5/c1-17(2)23-13-21(6-7-25(23)30)14-24-18(3)11-22(12-19(24)4)34-16-28(33)29-10-9-20-5-8-26(31)27(32)15-20/h5-8,11-13,15,17,30-32H,9-10,14,16H2,1-4H3,(H,29,33). The minimum atomic E-state index is -0.229. The topological polar surface area (TPSA) is 99.0 Å². The lowest BCUT2D eigenvalue weighted by atomic mass is 9.93. The Kier molecular flexibility index (Phi) is 8.05. The second kappa shape index (κ2) is 11.0. The van der Waals surface area contributed by atoms with Gasteiger partial charge in [0.05, 0.1) is 0 Å².